The van der Waals surface area contributed by atoms with Crippen LogP contribution in [0.3, 0.4) is 0 Å². The van der Waals surface area contributed by atoms with Gasteiger partial charge in [0.15, 0.2) is 0 Å². The van der Waals surface area contributed by atoms with Crippen molar-refractivity contribution in [2.24, 2.45) is 5.92 Å². The maximum Gasteiger partial charge on any atom is 0.278 e. The summed E-state index contributed by atoms with van der Waals surface area (Å²) in [6, 6.07) is 13.9. The second-order valence-electron chi connectivity index (χ2n) is 7.84. The van der Waals surface area contributed by atoms with E-state index >= 15 is 0 Å². The Hall–Kier alpha value is -2.88. The summed E-state index contributed by atoms with van der Waals surface area (Å²) in [5, 5.41) is 3.23. The van der Waals surface area contributed by atoms with E-state index in [4.69, 9.17) is 0 Å². The fourth-order valence-corrected chi connectivity index (χ4v) is 3.36. The molecule has 0 fully saturated rings. The SMILES string of the molecule is CCc1ccc(NC2=C(c3ccc(C)c(C)c3)C(=O)N(CC(C)C)C2=O)cc1. The smallest absolute Gasteiger partial charge is 0.278 e. The van der Waals surface area contributed by atoms with E-state index < -0.39 is 0 Å². The molecular formula is C24H28N2O2. The quantitative estimate of drug-likeness (QED) is 0.743. The Morgan fingerprint density at radius 1 is 0.929 bits per heavy atom. The van der Waals surface area contributed by atoms with Crippen molar-refractivity contribution in [3.05, 3.63) is 70.4 Å². The van der Waals surface area contributed by atoms with Crippen molar-refractivity contribution < 1.29 is 9.59 Å². The van der Waals surface area contributed by atoms with Crippen LogP contribution in [0.5, 0.6) is 0 Å². The first-order valence-electron chi connectivity index (χ1n) is 9.85. The third-order valence-electron chi connectivity index (χ3n) is 5.14. The highest BCUT2D eigenvalue weighted by Gasteiger charge is 2.39. The van der Waals surface area contributed by atoms with Crippen LogP contribution in [0.1, 0.15) is 43.0 Å². The van der Waals surface area contributed by atoms with Gasteiger partial charge < -0.3 is 5.32 Å². The van der Waals surface area contributed by atoms with Crippen LogP contribution in [0, 0.1) is 19.8 Å². The van der Waals surface area contributed by atoms with E-state index in [1.165, 1.54) is 10.5 Å². The van der Waals surface area contributed by atoms with Crippen LogP contribution in [0.4, 0.5) is 5.69 Å². The predicted molar refractivity (Wildman–Crippen MR) is 114 cm³/mol. The number of anilines is 1. The summed E-state index contributed by atoms with van der Waals surface area (Å²) in [5.74, 6) is -0.279. The first kappa shape index (κ1) is 19.9. The summed E-state index contributed by atoms with van der Waals surface area (Å²) in [4.78, 5) is 27.6. The van der Waals surface area contributed by atoms with Crippen LogP contribution < -0.4 is 5.32 Å². The highest BCUT2D eigenvalue weighted by Crippen LogP contribution is 2.32. The standard InChI is InChI=1S/C24H28N2O2/c1-6-18-8-11-20(12-9-18)25-22-21(19-10-7-16(4)17(5)13-19)23(27)26(24(22)28)14-15(2)3/h7-13,15,25H,6,14H2,1-5H3. The molecule has 2 aromatic carbocycles. The summed E-state index contributed by atoms with van der Waals surface area (Å²) < 4.78 is 0. The van der Waals surface area contributed by atoms with E-state index in [2.05, 4.69) is 12.2 Å². The molecule has 1 aliphatic rings. The Bertz CT molecular complexity index is 940. The van der Waals surface area contributed by atoms with Crippen LogP contribution in [0.15, 0.2) is 48.2 Å². The molecule has 0 atom stereocenters. The molecule has 0 saturated heterocycles. The van der Waals surface area contributed by atoms with Crippen molar-refractivity contribution in [2.75, 3.05) is 11.9 Å². The van der Waals surface area contributed by atoms with Gasteiger partial charge in [0.2, 0.25) is 0 Å². The summed E-state index contributed by atoms with van der Waals surface area (Å²) in [7, 11) is 0. The Balaban J connectivity index is 2.06. The zero-order chi connectivity index (χ0) is 20.4. The van der Waals surface area contributed by atoms with Crippen molar-refractivity contribution in [1.29, 1.82) is 0 Å². The first-order chi connectivity index (χ1) is 13.3. The van der Waals surface area contributed by atoms with E-state index in [-0.39, 0.29) is 17.7 Å². The molecule has 0 unspecified atom stereocenters. The summed E-state index contributed by atoms with van der Waals surface area (Å²) in [5.41, 5.74) is 5.88. The number of rotatable bonds is 6. The van der Waals surface area contributed by atoms with Crippen molar-refractivity contribution in [3.63, 3.8) is 0 Å². The molecular weight excluding hydrogens is 348 g/mol. The first-order valence-corrected chi connectivity index (χ1v) is 9.85. The molecule has 1 aliphatic heterocycles. The van der Waals surface area contributed by atoms with Gasteiger partial charge >= 0.3 is 0 Å². The summed E-state index contributed by atoms with van der Waals surface area (Å²) in [6.07, 6.45) is 0.955. The fourth-order valence-electron chi connectivity index (χ4n) is 3.36. The van der Waals surface area contributed by atoms with Gasteiger partial charge in [0.05, 0.1) is 5.57 Å². The monoisotopic (exact) mass is 376 g/mol. The lowest BCUT2D eigenvalue weighted by Gasteiger charge is -2.17. The normalized spacial score (nSPS) is 14.4. The molecule has 0 radical (unpaired) electrons. The number of carbonyl (C=O) groups excluding carboxylic acids is 2. The van der Waals surface area contributed by atoms with E-state index in [1.807, 2.05) is 70.2 Å². The average Bonchev–Trinajstić information content (AvgIpc) is 2.89. The van der Waals surface area contributed by atoms with Gasteiger partial charge in [-0.25, -0.2) is 0 Å². The maximum atomic E-state index is 13.2. The van der Waals surface area contributed by atoms with Crippen LogP contribution >= 0.6 is 0 Å². The molecule has 3 rings (SSSR count). The van der Waals surface area contributed by atoms with Gasteiger partial charge in [-0.3, -0.25) is 14.5 Å². The molecule has 0 aromatic heterocycles. The molecule has 28 heavy (non-hydrogen) atoms. The lowest BCUT2D eigenvalue weighted by atomic mass is 9.99. The van der Waals surface area contributed by atoms with Crippen LogP contribution in [-0.2, 0) is 16.0 Å². The molecule has 4 heteroatoms. The van der Waals surface area contributed by atoms with Gasteiger partial charge in [-0.2, -0.15) is 0 Å². The Morgan fingerprint density at radius 2 is 1.61 bits per heavy atom. The van der Waals surface area contributed by atoms with E-state index in [0.717, 1.165) is 28.8 Å². The number of nitrogens with one attached hydrogen (secondary N) is 1. The van der Waals surface area contributed by atoms with Crippen molar-refractivity contribution in [2.45, 2.75) is 41.0 Å². The number of hydrogen-bond donors (Lipinski definition) is 1. The number of amides is 2. The zero-order valence-electron chi connectivity index (χ0n) is 17.3. The Kier molecular flexibility index (Phi) is 5.68. The maximum absolute atomic E-state index is 13.2. The van der Waals surface area contributed by atoms with E-state index in [9.17, 15) is 9.59 Å². The third-order valence-corrected chi connectivity index (χ3v) is 5.14. The second-order valence-corrected chi connectivity index (χ2v) is 7.84. The number of nitrogens with zero attached hydrogens (tertiary/aromatic N) is 1. The molecule has 4 nitrogen and oxygen atoms in total. The fraction of sp³-hybridized carbons (Fsp3) is 0.333. The summed E-state index contributed by atoms with van der Waals surface area (Å²) in [6.45, 7) is 10.6. The largest absolute Gasteiger partial charge is 0.350 e. The molecule has 0 spiro atoms. The number of carbonyl (C=O) groups is 2. The molecule has 1 N–H and O–H groups in total. The Morgan fingerprint density at radius 3 is 2.18 bits per heavy atom. The minimum atomic E-state index is -0.258. The van der Waals surface area contributed by atoms with Crippen LogP contribution in [-0.4, -0.2) is 23.3 Å². The van der Waals surface area contributed by atoms with Crippen molar-refractivity contribution >= 4 is 23.1 Å². The Labute approximate surface area is 167 Å². The van der Waals surface area contributed by atoms with Gasteiger partial charge in [0, 0.05) is 12.2 Å². The van der Waals surface area contributed by atoms with Gasteiger partial charge in [-0.15, -0.1) is 0 Å². The highest BCUT2D eigenvalue weighted by atomic mass is 16.2. The number of imide groups is 1. The van der Waals surface area contributed by atoms with Crippen LogP contribution in [0.25, 0.3) is 5.57 Å². The number of hydrogen-bond acceptors (Lipinski definition) is 3. The molecule has 0 aliphatic carbocycles. The molecule has 146 valence electrons. The molecule has 2 aromatic rings. The van der Waals surface area contributed by atoms with Crippen LogP contribution in [0.2, 0.25) is 0 Å². The van der Waals surface area contributed by atoms with E-state index in [1.54, 1.807) is 0 Å². The zero-order valence-corrected chi connectivity index (χ0v) is 17.3. The number of benzene rings is 2. The lowest BCUT2D eigenvalue weighted by Crippen LogP contribution is -2.35. The molecule has 0 bridgehead atoms. The van der Waals surface area contributed by atoms with Gasteiger partial charge in [0.1, 0.15) is 5.70 Å². The van der Waals surface area contributed by atoms with Crippen molar-refractivity contribution in [1.82, 2.24) is 4.90 Å². The van der Waals surface area contributed by atoms with Crippen molar-refractivity contribution in [3.8, 4) is 0 Å². The topological polar surface area (TPSA) is 49.4 Å². The van der Waals surface area contributed by atoms with Gasteiger partial charge in [-0.05, 0) is 60.6 Å². The number of aryl methyl sites for hydroxylation is 3. The highest BCUT2D eigenvalue weighted by molar-refractivity contribution is 6.36. The average molecular weight is 377 g/mol. The minimum absolute atomic E-state index is 0.206. The molecule has 1 heterocycles. The van der Waals surface area contributed by atoms with Gasteiger partial charge in [0.25, 0.3) is 11.8 Å². The predicted octanol–water partition coefficient (Wildman–Crippen LogP) is 4.71. The molecule has 0 saturated carbocycles. The summed E-state index contributed by atoms with van der Waals surface area (Å²) >= 11 is 0. The van der Waals surface area contributed by atoms with E-state index in [0.29, 0.717) is 17.8 Å². The lowest BCUT2D eigenvalue weighted by molar-refractivity contribution is -0.137. The minimum Gasteiger partial charge on any atom is -0.350 e. The van der Waals surface area contributed by atoms with Gasteiger partial charge in [-0.1, -0.05) is 51.1 Å². The molecule has 2 amide bonds. The third kappa shape index (κ3) is 3.86. The second kappa shape index (κ2) is 8.01.